The van der Waals surface area contributed by atoms with Crippen molar-refractivity contribution in [3.8, 4) is 5.75 Å². The summed E-state index contributed by atoms with van der Waals surface area (Å²) in [6.45, 7) is 2.78. The first-order valence-corrected chi connectivity index (χ1v) is 9.55. The fraction of sp³-hybridized carbons (Fsp3) is 0.381. The first kappa shape index (κ1) is 19.8. The summed E-state index contributed by atoms with van der Waals surface area (Å²) in [4.78, 5) is 24.2. The fourth-order valence-corrected chi connectivity index (χ4v) is 3.71. The number of nitrogens with zero attached hydrogens (tertiary/aromatic N) is 1. The van der Waals surface area contributed by atoms with Crippen molar-refractivity contribution in [3.63, 3.8) is 0 Å². The molecule has 0 aromatic heterocycles. The number of rotatable bonds is 8. The lowest BCUT2D eigenvalue weighted by Gasteiger charge is -2.25. The first-order valence-electron chi connectivity index (χ1n) is 9.55. The molecular weight excluding hydrogens is 358 g/mol. The van der Waals surface area contributed by atoms with Gasteiger partial charge in [-0.2, -0.15) is 0 Å². The minimum Gasteiger partial charge on any atom is -0.497 e. The quantitative estimate of drug-likeness (QED) is 0.536. The third-order valence-electron chi connectivity index (χ3n) is 5.27. The van der Waals surface area contributed by atoms with Gasteiger partial charge in [0, 0.05) is 30.5 Å². The smallest absolute Gasteiger partial charge is 0.269 e. The average Bonchev–Trinajstić information content (AvgIpc) is 3.23. The summed E-state index contributed by atoms with van der Waals surface area (Å²) in [6, 6.07) is 14.4. The van der Waals surface area contributed by atoms with E-state index in [1.165, 1.54) is 35.4 Å². The maximum atomic E-state index is 12.4. The van der Waals surface area contributed by atoms with Gasteiger partial charge in [-0.15, -0.1) is 0 Å². The Kier molecular flexibility index (Phi) is 6.60. The van der Waals surface area contributed by atoms with E-state index in [-0.39, 0.29) is 24.1 Å². The molecule has 1 atom stereocenters. The van der Waals surface area contributed by atoms with E-state index in [2.05, 4.69) is 17.4 Å². The second kappa shape index (κ2) is 9.32. The van der Waals surface area contributed by atoms with Crippen LogP contribution in [-0.2, 0) is 11.2 Å². The van der Waals surface area contributed by atoms with Crippen LogP contribution in [0.4, 0.5) is 5.69 Å². The molecule has 2 N–H and O–H groups in total. The number of hydrogen-bond donors (Lipinski definition) is 2. The Hall–Kier alpha value is -2.93. The van der Waals surface area contributed by atoms with E-state index >= 15 is 0 Å². The molecule has 1 heterocycles. The van der Waals surface area contributed by atoms with Crippen LogP contribution in [0.15, 0.2) is 48.5 Å². The van der Waals surface area contributed by atoms with Crippen molar-refractivity contribution >= 4 is 11.6 Å². The SMILES string of the molecule is COc1ccc([C@@H](CNC(=O)Cc2ccc([N+](=O)[O-])cc2)[NH+]2CCCC2)cc1. The highest BCUT2D eigenvalue weighted by Crippen LogP contribution is 2.17. The molecule has 0 unspecified atom stereocenters. The molecule has 0 bridgehead atoms. The fourth-order valence-electron chi connectivity index (χ4n) is 3.71. The van der Waals surface area contributed by atoms with Gasteiger partial charge in [-0.3, -0.25) is 14.9 Å². The summed E-state index contributed by atoms with van der Waals surface area (Å²) in [6.07, 6.45) is 2.63. The predicted molar refractivity (Wildman–Crippen MR) is 105 cm³/mol. The van der Waals surface area contributed by atoms with Crippen molar-refractivity contribution in [2.75, 3.05) is 26.7 Å². The molecule has 7 heteroatoms. The second-order valence-corrected chi connectivity index (χ2v) is 7.10. The number of methoxy groups -OCH3 is 1. The Morgan fingerprint density at radius 3 is 2.36 bits per heavy atom. The van der Waals surface area contributed by atoms with E-state index < -0.39 is 4.92 Å². The van der Waals surface area contributed by atoms with Crippen LogP contribution in [0, 0.1) is 10.1 Å². The molecule has 0 spiro atoms. The number of non-ortho nitro benzene ring substituents is 1. The second-order valence-electron chi connectivity index (χ2n) is 7.10. The lowest BCUT2D eigenvalue weighted by Crippen LogP contribution is -3.11. The van der Waals surface area contributed by atoms with Gasteiger partial charge in [0.25, 0.3) is 5.69 Å². The van der Waals surface area contributed by atoms with Gasteiger partial charge in [0.2, 0.25) is 5.91 Å². The van der Waals surface area contributed by atoms with Crippen LogP contribution in [0.2, 0.25) is 0 Å². The van der Waals surface area contributed by atoms with Gasteiger partial charge in [-0.25, -0.2) is 0 Å². The van der Waals surface area contributed by atoms with Crippen molar-refractivity contribution in [1.82, 2.24) is 5.32 Å². The molecule has 148 valence electrons. The largest absolute Gasteiger partial charge is 0.497 e. The van der Waals surface area contributed by atoms with Crippen LogP contribution >= 0.6 is 0 Å². The van der Waals surface area contributed by atoms with E-state index in [0.29, 0.717) is 6.54 Å². The molecule has 1 fully saturated rings. The monoisotopic (exact) mass is 384 g/mol. The van der Waals surface area contributed by atoms with Gasteiger partial charge in [0.05, 0.1) is 38.1 Å². The number of carbonyl (C=O) groups is 1. The molecule has 0 aliphatic carbocycles. The predicted octanol–water partition coefficient (Wildman–Crippen LogP) is 1.68. The zero-order chi connectivity index (χ0) is 19.9. The van der Waals surface area contributed by atoms with Gasteiger partial charge < -0.3 is 15.0 Å². The number of likely N-dealkylation sites (tertiary alicyclic amines) is 1. The number of nitro benzene ring substituents is 1. The summed E-state index contributed by atoms with van der Waals surface area (Å²) in [5.74, 6) is 0.743. The molecule has 1 amide bonds. The minimum absolute atomic E-state index is 0.0290. The number of hydrogen-bond acceptors (Lipinski definition) is 4. The van der Waals surface area contributed by atoms with Crippen molar-refractivity contribution < 1.29 is 19.4 Å². The topological polar surface area (TPSA) is 85.9 Å². The molecule has 1 aliphatic heterocycles. The maximum Gasteiger partial charge on any atom is 0.269 e. The number of quaternary nitrogens is 1. The van der Waals surface area contributed by atoms with Gasteiger partial charge in [-0.05, 0) is 29.8 Å². The number of benzene rings is 2. The van der Waals surface area contributed by atoms with Crippen LogP contribution in [0.3, 0.4) is 0 Å². The molecule has 1 aliphatic rings. The Morgan fingerprint density at radius 1 is 1.14 bits per heavy atom. The average molecular weight is 384 g/mol. The van der Waals surface area contributed by atoms with Gasteiger partial charge >= 0.3 is 0 Å². The molecule has 0 saturated carbocycles. The molecule has 2 aromatic carbocycles. The van der Waals surface area contributed by atoms with E-state index in [9.17, 15) is 14.9 Å². The van der Waals surface area contributed by atoms with Gasteiger partial charge in [-0.1, -0.05) is 12.1 Å². The van der Waals surface area contributed by atoms with E-state index in [0.717, 1.165) is 24.4 Å². The highest BCUT2D eigenvalue weighted by Gasteiger charge is 2.27. The zero-order valence-electron chi connectivity index (χ0n) is 16.0. The Balaban J connectivity index is 1.62. The number of ether oxygens (including phenoxy) is 1. The normalized spacial score (nSPS) is 15.2. The highest BCUT2D eigenvalue weighted by atomic mass is 16.6. The van der Waals surface area contributed by atoms with Crippen LogP contribution in [0.5, 0.6) is 5.75 Å². The third kappa shape index (κ3) is 5.07. The number of carbonyl (C=O) groups excluding carboxylic acids is 1. The van der Waals surface area contributed by atoms with E-state index in [4.69, 9.17) is 4.74 Å². The summed E-state index contributed by atoms with van der Waals surface area (Å²) >= 11 is 0. The van der Waals surface area contributed by atoms with Crippen molar-refractivity contribution in [3.05, 3.63) is 69.8 Å². The van der Waals surface area contributed by atoms with Crippen LogP contribution in [0.25, 0.3) is 0 Å². The Morgan fingerprint density at radius 2 is 1.79 bits per heavy atom. The summed E-state index contributed by atoms with van der Waals surface area (Å²) in [5, 5.41) is 13.8. The molecule has 28 heavy (non-hydrogen) atoms. The third-order valence-corrected chi connectivity index (χ3v) is 5.27. The number of nitro groups is 1. The molecule has 7 nitrogen and oxygen atoms in total. The first-order chi connectivity index (χ1) is 13.6. The maximum absolute atomic E-state index is 12.4. The number of amides is 1. The van der Waals surface area contributed by atoms with Crippen molar-refractivity contribution in [2.45, 2.75) is 25.3 Å². The zero-order valence-corrected chi connectivity index (χ0v) is 16.0. The highest BCUT2D eigenvalue weighted by molar-refractivity contribution is 5.78. The lowest BCUT2D eigenvalue weighted by atomic mass is 10.0. The summed E-state index contributed by atoms with van der Waals surface area (Å²) in [7, 11) is 1.65. The van der Waals surface area contributed by atoms with Gasteiger partial charge in [0.1, 0.15) is 11.8 Å². The van der Waals surface area contributed by atoms with E-state index in [1.807, 2.05) is 12.1 Å². The van der Waals surface area contributed by atoms with Crippen LogP contribution in [-0.4, -0.2) is 37.6 Å². The van der Waals surface area contributed by atoms with Crippen molar-refractivity contribution in [1.29, 1.82) is 0 Å². The molecule has 3 rings (SSSR count). The standard InChI is InChI=1S/C21H25N3O4/c1-28-19-10-6-17(7-11-19)20(23-12-2-3-13-23)15-22-21(25)14-16-4-8-18(9-5-16)24(26)27/h4-11,20H,2-3,12-15H2,1H3,(H,22,25)/p+1/t20-/m1/s1. The van der Waals surface area contributed by atoms with Crippen LogP contribution in [0.1, 0.15) is 30.0 Å². The summed E-state index contributed by atoms with van der Waals surface area (Å²) in [5.41, 5.74) is 1.98. The molecule has 2 aromatic rings. The number of nitrogens with one attached hydrogen (secondary N) is 2. The Bertz CT molecular complexity index is 799. The molecular formula is C21H26N3O4+. The Labute approximate surface area is 164 Å². The van der Waals surface area contributed by atoms with Crippen LogP contribution < -0.4 is 15.0 Å². The lowest BCUT2D eigenvalue weighted by molar-refractivity contribution is -0.918. The van der Waals surface area contributed by atoms with Crippen molar-refractivity contribution in [2.24, 2.45) is 0 Å². The van der Waals surface area contributed by atoms with Gasteiger partial charge in [0.15, 0.2) is 0 Å². The molecule has 1 saturated heterocycles. The van der Waals surface area contributed by atoms with E-state index in [1.54, 1.807) is 19.2 Å². The molecule has 0 radical (unpaired) electrons. The summed E-state index contributed by atoms with van der Waals surface area (Å²) < 4.78 is 5.24. The minimum atomic E-state index is -0.442.